The third-order valence-electron chi connectivity index (χ3n) is 5.06. The molecule has 2 N–H and O–H groups in total. The van der Waals surface area contributed by atoms with Crippen LogP contribution in [0.2, 0.25) is 0 Å². The zero-order chi connectivity index (χ0) is 18.4. The van der Waals surface area contributed by atoms with Crippen molar-refractivity contribution in [1.29, 1.82) is 0 Å². The van der Waals surface area contributed by atoms with E-state index in [-0.39, 0.29) is 0 Å². The molecule has 0 fully saturated rings. The summed E-state index contributed by atoms with van der Waals surface area (Å²) in [6.07, 6.45) is 1.86. The van der Waals surface area contributed by atoms with E-state index >= 15 is 0 Å². The summed E-state index contributed by atoms with van der Waals surface area (Å²) < 4.78 is 6.89. The van der Waals surface area contributed by atoms with Crippen LogP contribution in [0.1, 0.15) is 47.0 Å². The molecule has 4 aromatic rings. The quantitative estimate of drug-likeness (QED) is 0.442. The number of nitrogens with zero attached hydrogens (tertiary/aromatic N) is 1. The number of benzene rings is 2. The first kappa shape index (κ1) is 17.1. The number of nitrogen functional groups attached to an aromatic ring is 1. The van der Waals surface area contributed by atoms with Crippen LogP contribution in [0.3, 0.4) is 0 Å². The van der Waals surface area contributed by atoms with Crippen LogP contribution in [-0.4, -0.2) is 5.16 Å². The van der Waals surface area contributed by atoms with Gasteiger partial charge in [0.05, 0.1) is 5.69 Å². The average Bonchev–Trinajstić information content (AvgIpc) is 3.13. The van der Waals surface area contributed by atoms with Crippen LogP contribution in [0.25, 0.3) is 21.1 Å². The maximum Gasteiger partial charge on any atom is 0.169 e. The molecule has 0 aliphatic carbocycles. The lowest BCUT2D eigenvalue weighted by molar-refractivity contribution is 0.446. The van der Waals surface area contributed by atoms with Gasteiger partial charge in [0, 0.05) is 26.7 Å². The fraction of sp³-hybridized carbons (Fsp3) is 0.318. The van der Waals surface area contributed by atoms with E-state index in [1.165, 1.54) is 26.1 Å². The Morgan fingerprint density at radius 1 is 1.08 bits per heavy atom. The Bertz CT molecular complexity index is 1100. The van der Waals surface area contributed by atoms with Crippen LogP contribution in [0.5, 0.6) is 0 Å². The number of aromatic nitrogens is 1. The number of hydrogen-bond acceptors (Lipinski definition) is 4. The molecule has 2 heterocycles. The predicted molar refractivity (Wildman–Crippen MR) is 111 cm³/mol. The monoisotopic (exact) mass is 364 g/mol. The molecule has 2 aromatic carbocycles. The fourth-order valence-electron chi connectivity index (χ4n) is 3.66. The van der Waals surface area contributed by atoms with E-state index in [0.717, 1.165) is 40.8 Å². The summed E-state index contributed by atoms with van der Waals surface area (Å²) in [6, 6.07) is 10.8. The minimum absolute atomic E-state index is 0.512. The van der Waals surface area contributed by atoms with Gasteiger partial charge in [-0.3, -0.25) is 0 Å². The highest BCUT2D eigenvalue weighted by Crippen LogP contribution is 2.37. The van der Waals surface area contributed by atoms with Gasteiger partial charge in [0.25, 0.3) is 0 Å². The summed E-state index contributed by atoms with van der Waals surface area (Å²) in [5.41, 5.74) is 12.4. The number of hydrogen-bond donors (Lipinski definition) is 1. The van der Waals surface area contributed by atoms with Crippen molar-refractivity contribution in [3.05, 3.63) is 57.6 Å². The lowest BCUT2D eigenvalue weighted by Crippen LogP contribution is -1.96. The lowest BCUT2D eigenvalue weighted by atomic mass is 9.96. The molecule has 0 saturated carbocycles. The Labute approximate surface area is 157 Å². The SMILES string of the molecule is Cc1ccc2c(C(C)C)c(CCc3noc4cc(N)c(C)cc34)sc2c1. The van der Waals surface area contributed by atoms with Gasteiger partial charge in [0.15, 0.2) is 5.58 Å². The van der Waals surface area contributed by atoms with Crippen LogP contribution >= 0.6 is 11.3 Å². The van der Waals surface area contributed by atoms with Crippen LogP contribution in [0, 0.1) is 13.8 Å². The van der Waals surface area contributed by atoms with Crippen molar-refractivity contribution < 1.29 is 4.52 Å². The van der Waals surface area contributed by atoms with E-state index in [2.05, 4.69) is 50.2 Å². The van der Waals surface area contributed by atoms with E-state index in [1.807, 2.05) is 24.3 Å². The van der Waals surface area contributed by atoms with Crippen LogP contribution in [0.4, 0.5) is 5.69 Å². The van der Waals surface area contributed by atoms with E-state index in [1.54, 1.807) is 0 Å². The summed E-state index contributed by atoms with van der Waals surface area (Å²) in [7, 11) is 0. The maximum absolute atomic E-state index is 5.98. The van der Waals surface area contributed by atoms with Gasteiger partial charge in [-0.15, -0.1) is 11.3 Å². The first-order chi connectivity index (χ1) is 12.4. The van der Waals surface area contributed by atoms with Crippen LogP contribution < -0.4 is 5.73 Å². The molecule has 4 heteroatoms. The number of fused-ring (bicyclic) bond motifs is 2. The van der Waals surface area contributed by atoms with Gasteiger partial charge in [0.2, 0.25) is 0 Å². The summed E-state index contributed by atoms with van der Waals surface area (Å²) in [6.45, 7) is 8.74. The molecule has 0 aliphatic rings. The van der Waals surface area contributed by atoms with Gasteiger partial charge < -0.3 is 10.3 Å². The molecular weight excluding hydrogens is 340 g/mol. The molecule has 0 amide bonds. The average molecular weight is 365 g/mol. The summed E-state index contributed by atoms with van der Waals surface area (Å²) >= 11 is 1.92. The highest BCUT2D eigenvalue weighted by molar-refractivity contribution is 7.19. The van der Waals surface area contributed by atoms with E-state index in [9.17, 15) is 0 Å². The molecule has 0 bridgehead atoms. The summed E-state index contributed by atoms with van der Waals surface area (Å²) in [5.74, 6) is 0.512. The summed E-state index contributed by atoms with van der Waals surface area (Å²) in [5, 5.41) is 6.79. The van der Waals surface area contributed by atoms with E-state index < -0.39 is 0 Å². The van der Waals surface area contributed by atoms with Gasteiger partial charge in [0.1, 0.15) is 0 Å². The predicted octanol–water partition coefficient (Wildman–Crippen LogP) is 6.15. The van der Waals surface area contributed by atoms with E-state index in [4.69, 9.17) is 10.3 Å². The molecule has 0 aliphatic heterocycles. The van der Waals surface area contributed by atoms with Gasteiger partial charge >= 0.3 is 0 Å². The van der Waals surface area contributed by atoms with Crippen molar-refractivity contribution in [2.24, 2.45) is 0 Å². The second-order valence-electron chi connectivity index (χ2n) is 7.43. The molecule has 4 rings (SSSR count). The second kappa shape index (κ2) is 6.44. The molecule has 0 spiro atoms. The summed E-state index contributed by atoms with van der Waals surface area (Å²) in [4.78, 5) is 1.46. The van der Waals surface area contributed by atoms with Gasteiger partial charge in [-0.05, 0) is 66.8 Å². The Balaban J connectivity index is 1.70. The van der Waals surface area contributed by atoms with E-state index in [0.29, 0.717) is 5.92 Å². The number of nitrogens with two attached hydrogens (primary N) is 1. The Morgan fingerprint density at radius 2 is 1.88 bits per heavy atom. The largest absolute Gasteiger partial charge is 0.398 e. The zero-order valence-electron chi connectivity index (χ0n) is 15.7. The Morgan fingerprint density at radius 3 is 2.65 bits per heavy atom. The Hall–Kier alpha value is -2.33. The maximum atomic E-state index is 5.98. The third kappa shape index (κ3) is 2.88. The molecule has 0 atom stereocenters. The molecule has 3 nitrogen and oxygen atoms in total. The first-order valence-corrected chi connectivity index (χ1v) is 9.92. The first-order valence-electron chi connectivity index (χ1n) is 9.10. The molecule has 134 valence electrons. The van der Waals surface area contributed by atoms with Crippen LogP contribution in [0.15, 0.2) is 34.9 Å². The van der Waals surface area contributed by atoms with Crippen molar-refractivity contribution in [2.75, 3.05) is 5.73 Å². The van der Waals surface area contributed by atoms with Gasteiger partial charge in [-0.25, -0.2) is 0 Å². The minimum Gasteiger partial charge on any atom is -0.398 e. The molecule has 2 aromatic heterocycles. The van der Waals surface area contributed by atoms with Crippen molar-refractivity contribution in [3.8, 4) is 0 Å². The molecule has 0 saturated heterocycles. The lowest BCUT2D eigenvalue weighted by Gasteiger charge is -2.08. The normalized spacial score (nSPS) is 11.9. The van der Waals surface area contributed by atoms with Crippen molar-refractivity contribution in [2.45, 2.75) is 46.5 Å². The minimum atomic E-state index is 0.512. The second-order valence-corrected chi connectivity index (χ2v) is 8.56. The molecule has 26 heavy (non-hydrogen) atoms. The molecule has 0 radical (unpaired) electrons. The zero-order valence-corrected chi connectivity index (χ0v) is 16.5. The van der Waals surface area contributed by atoms with Crippen molar-refractivity contribution in [3.63, 3.8) is 0 Å². The molecule has 0 unspecified atom stereocenters. The number of rotatable bonds is 4. The standard InChI is InChI=1S/C22H24N2OS/c1-12(2)22-15-6-5-13(3)9-21(15)26-20(22)8-7-18-16-10-14(4)17(23)11-19(16)25-24-18/h5-6,9-12H,7-8,23H2,1-4H3. The van der Waals surface area contributed by atoms with Gasteiger partial charge in [-0.1, -0.05) is 31.1 Å². The van der Waals surface area contributed by atoms with Crippen LogP contribution in [-0.2, 0) is 12.8 Å². The van der Waals surface area contributed by atoms with Crippen molar-refractivity contribution >= 4 is 38.1 Å². The molecular formula is C22H24N2OS. The number of anilines is 1. The number of aryl methyl sites for hydroxylation is 4. The topological polar surface area (TPSA) is 52.0 Å². The van der Waals surface area contributed by atoms with Gasteiger partial charge in [-0.2, -0.15) is 0 Å². The van der Waals surface area contributed by atoms with Crippen molar-refractivity contribution in [1.82, 2.24) is 5.16 Å². The number of thiophene rings is 1. The third-order valence-corrected chi connectivity index (χ3v) is 6.29. The fourth-order valence-corrected chi connectivity index (χ4v) is 5.12. The Kier molecular flexibility index (Phi) is 4.23. The smallest absolute Gasteiger partial charge is 0.169 e. The highest BCUT2D eigenvalue weighted by Gasteiger charge is 2.17. The highest BCUT2D eigenvalue weighted by atomic mass is 32.1.